The Labute approximate surface area is 224 Å². The quantitative estimate of drug-likeness (QED) is 0.347. The number of aliphatic hydroxyl groups is 2. The number of esters is 2. The van der Waals surface area contributed by atoms with Gasteiger partial charge in [0.1, 0.15) is 18.3 Å². The second-order valence-electron chi connectivity index (χ2n) is 11.7. The highest BCUT2D eigenvalue weighted by Gasteiger charge is 2.62. The predicted octanol–water partition coefficient (Wildman–Crippen LogP) is 4.18. The van der Waals surface area contributed by atoms with Crippen molar-refractivity contribution < 1.29 is 34.1 Å². The fraction of sp³-hybridized carbons (Fsp3) is 0.516. The summed E-state index contributed by atoms with van der Waals surface area (Å²) >= 11 is 0. The van der Waals surface area contributed by atoms with Gasteiger partial charge in [-0.3, -0.25) is 9.59 Å². The van der Waals surface area contributed by atoms with E-state index < -0.39 is 59.0 Å². The number of allylic oxidation sites excluding steroid dienone is 1. The topological polar surface area (TPSA) is 110 Å². The lowest BCUT2D eigenvalue weighted by Gasteiger charge is -2.58. The Morgan fingerprint density at radius 3 is 2.39 bits per heavy atom. The van der Waals surface area contributed by atoms with Crippen molar-refractivity contribution in [2.45, 2.75) is 78.3 Å². The molecule has 0 spiro atoms. The van der Waals surface area contributed by atoms with E-state index in [1.54, 1.807) is 13.0 Å². The van der Waals surface area contributed by atoms with E-state index in [0.29, 0.717) is 29.6 Å². The van der Waals surface area contributed by atoms with E-state index >= 15 is 0 Å². The smallest absolute Gasteiger partial charge is 0.331 e. The first-order chi connectivity index (χ1) is 17.8. The molecule has 2 bridgehead atoms. The number of benzene rings is 1. The van der Waals surface area contributed by atoms with E-state index in [2.05, 4.69) is 6.58 Å². The van der Waals surface area contributed by atoms with Gasteiger partial charge in [0.2, 0.25) is 0 Å². The predicted molar refractivity (Wildman–Crippen MR) is 142 cm³/mol. The molecule has 2 N–H and O–H groups in total. The summed E-state index contributed by atoms with van der Waals surface area (Å²) in [5, 5.41) is 23.7. The number of ether oxygens (including phenoxy) is 2. The summed E-state index contributed by atoms with van der Waals surface area (Å²) in [6.45, 7) is 12.9. The van der Waals surface area contributed by atoms with Crippen LogP contribution in [0.15, 0.2) is 59.7 Å². The molecular weight excluding hydrogens is 484 g/mol. The lowest BCUT2D eigenvalue weighted by Crippen LogP contribution is -2.62. The average molecular weight is 523 g/mol. The van der Waals surface area contributed by atoms with Crippen LogP contribution in [0.3, 0.4) is 0 Å². The fourth-order valence-corrected chi connectivity index (χ4v) is 7.09. The second-order valence-corrected chi connectivity index (χ2v) is 11.7. The molecule has 204 valence electrons. The molecule has 7 unspecified atom stereocenters. The zero-order chi connectivity index (χ0) is 28.0. The first-order valence-electron chi connectivity index (χ1n) is 13.2. The molecule has 0 amide bonds. The zero-order valence-corrected chi connectivity index (χ0v) is 22.8. The molecule has 7 atom stereocenters. The molecule has 2 saturated carbocycles. The Morgan fingerprint density at radius 2 is 1.76 bits per heavy atom. The van der Waals surface area contributed by atoms with Crippen LogP contribution >= 0.6 is 0 Å². The number of carbonyl (C=O) groups is 3. The molecule has 3 aliphatic rings. The molecule has 3 aliphatic carbocycles. The molecule has 0 heterocycles. The van der Waals surface area contributed by atoms with Crippen LogP contribution in [0.1, 0.15) is 59.4 Å². The Balaban J connectivity index is 1.71. The van der Waals surface area contributed by atoms with Crippen molar-refractivity contribution in [3.8, 4) is 0 Å². The van der Waals surface area contributed by atoms with E-state index in [-0.39, 0.29) is 12.2 Å². The molecule has 0 radical (unpaired) electrons. The van der Waals surface area contributed by atoms with Crippen LogP contribution in [-0.4, -0.2) is 52.4 Å². The highest BCUT2D eigenvalue weighted by molar-refractivity contribution is 5.97. The van der Waals surface area contributed by atoms with Gasteiger partial charge >= 0.3 is 11.9 Å². The minimum absolute atomic E-state index is 0.124. The number of carbonyl (C=O) groups excluding carboxylic acids is 3. The van der Waals surface area contributed by atoms with E-state index in [1.165, 1.54) is 13.0 Å². The van der Waals surface area contributed by atoms with Gasteiger partial charge in [-0.15, -0.1) is 0 Å². The Bertz CT molecular complexity index is 1190. The molecule has 2 fully saturated rings. The number of ketones is 1. The van der Waals surface area contributed by atoms with Crippen molar-refractivity contribution in [2.75, 3.05) is 0 Å². The maximum atomic E-state index is 13.0. The van der Waals surface area contributed by atoms with E-state index in [4.69, 9.17) is 9.47 Å². The third-order valence-corrected chi connectivity index (χ3v) is 9.07. The fourth-order valence-electron chi connectivity index (χ4n) is 7.09. The Kier molecular flexibility index (Phi) is 7.56. The van der Waals surface area contributed by atoms with Crippen LogP contribution in [0, 0.1) is 22.7 Å². The number of fused-ring (bicyclic) bond motifs is 3. The highest BCUT2D eigenvalue weighted by Crippen LogP contribution is 2.59. The third kappa shape index (κ3) is 4.78. The summed E-state index contributed by atoms with van der Waals surface area (Å²) in [5.41, 5.74) is 0.654. The van der Waals surface area contributed by atoms with E-state index in [0.717, 1.165) is 5.56 Å². The molecule has 7 nitrogen and oxygen atoms in total. The number of rotatable bonds is 4. The molecular formula is C31H38O7. The van der Waals surface area contributed by atoms with Crippen molar-refractivity contribution in [2.24, 2.45) is 22.7 Å². The van der Waals surface area contributed by atoms with Crippen LogP contribution in [-0.2, 0) is 23.9 Å². The van der Waals surface area contributed by atoms with E-state index in [9.17, 15) is 24.6 Å². The highest BCUT2D eigenvalue weighted by atomic mass is 16.6. The number of Topliss-reactive ketones (excluding diaryl/α,β-unsaturated/α-hetero) is 1. The summed E-state index contributed by atoms with van der Waals surface area (Å²) in [5.74, 6) is -2.44. The molecule has 0 aliphatic heterocycles. The molecule has 4 rings (SSSR count). The van der Waals surface area contributed by atoms with Gasteiger partial charge < -0.3 is 19.7 Å². The second kappa shape index (κ2) is 10.3. The van der Waals surface area contributed by atoms with Gasteiger partial charge in [0, 0.05) is 36.7 Å². The van der Waals surface area contributed by atoms with Gasteiger partial charge in [-0.05, 0) is 53.5 Å². The van der Waals surface area contributed by atoms with E-state index in [1.807, 2.05) is 51.1 Å². The van der Waals surface area contributed by atoms with Crippen LogP contribution < -0.4 is 0 Å². The van der Waals surface area contributed by atoms with Gasteiger partial charge in [-0.1, -0.05) is 57.7 Å². The first kappa shape index (κ1) is 28.0. The van der Waals surface area contributed by atoms with Crippen LogP contribution in [0.4, 0.5) is 0 Å². The summed E-state index contributed by atoms with van der Waals surface area (Å²) in [6, 6.07) is 9.38. The van der Waals surface area contributed by atoms with Crippen molar-refractivity contribution in [3.63, 3.8) is 0 Å². The molecule has 38 heavy (non-hydrogen) atoms. The average Bonchev–Trinajstić information content (AvgIpc) is 2.85. The van der Waals surface area contributed by atoms with Gasteiger partial charge in [0.25, 0.3) is 0 Å². The van der Waals surface area contributed by atoms with Crippen LogP contribution in [0.25, 0.3) is 6.08 Å². The minimum Gasteiger partial charge on any atom is -0.459 e. The Morgan fingerprint density at radius 1 is 1.11 bits per heavy atom. The van der Waals surface area contributed by atoms with Crippen molar-refractivity contribution in [1.82, 2.24) is 0 Å². The summed E-state index contributed by atoms with van der Waals surface area (Å²) < 4.78 is 11.6. The zero-order valence-electron chi connectivity index (χ0n) is 22.8. The molecule has 1 aromatic rings. The van der Waals surface area contributed by atoms with Gasteiger partial charge in [-0.2, -0.15) is 0 Å². The lowest BCUT2D eigenvalue weighted by atomic mass is 9.49. The molecule has 1 aromatic carbocycles. The molecule has 0 aromatic heterocycles. The van der Waals surface area contributed by atoms with Gasteiger partial charge in [0.05, 0.1) is 6.10 Å². The van der Waals surface area contributed by atoms with Gasteiger partial charge in [0.15, 0.2) is 5.78 Å². The third-order valence-electron chi connectivity index (χ3n) is 9.07. The standard InChI is InChI=1S/C31H38O7/c1-17-22(33)16-21-27(35)26-18(2)23(38-24(34)13-12-20-10-8-7-9-11-20)14-15-31(26,6)29(37-19(3)32)28(36)25(17)30(21,4)5/h7-13,21,23,26-29,35-36H,2,14-16H2,1,3-6H3. The lowest BCUT2D eigenvalue weighted by molar-refractivity contribution is -0.187. The number of hydrogen-bond acceptors (Lipinski definition) is 7. The van der Waals surface area contributed by atoms with Crippen LogP contribution in [0.5, 0.6) is 0 Å². The van der Waals surface area contributed by atoms with Crippen molar-refractivity contribution in [3.05, 3.63) is 65.3 Å². The summed E-state index contributed by atoms with van der Waals surface area (Å²) in [7, 11) is 0. The summed E-state index contributed by atoms with van der Waals surface area (Å²) in [4.78, 5) is 38.0. The number of aliphatic hydroxyl groups excluding tert-OH is 2. The Hall–Kier alpha value is -3.03. The maximum absolute atomic E-state index is 13.0. The largest absolute Gasteiger partial charge is 0.459 e. The molecule has 7 heteroatoms. The monoisotopic (exact) mass is 522 g/mol. The minimum atomic E-state index is -1.23. The summed E-state index contributed by atoms with van der Waals surface area (Å²) in [6.07, 6.45) is -0.0377. The first-order valence-corrected chi connectivity index (χ1v) is 13.2. The normalized spacial score (nSPS) is 34.8. The number of hydrogen-bond donors (Lipinski definition) is 2. The van der Waals surface area contributed by atoms with Crippen LogP contribution in [0.2, 0.25) is 0 Å². The van der Waals surface area contributed by atoms with Gasteiger partial charge in [-0.25, -0.2) is 4.79 Å². The SMILES string of the molecule is C=C1C(OC(=O)C=Cc2ccccc2)CCC2(C)C(OC(C)=O)C(O)C3=C(C)C(=O)CC(C(O)C12)C3(C)C. The molecule has 0 saturated heterocycles. The maximum Gasteiger partial charge on any atom is 0.331 e. The van der Waals surface area contributed by atoms with Crippen molar-refractivity contribution >= 4 is 23.8 Å². The van der Waals surface area contributed by atoms with Crippen molar-refractivity contribution in [1.29, 1.82) is 0 Å².